The fourth-order valence-electron chi connectivity index (χ4n) is 4.01. The molecular formula is C30H24N2O2S. The second-order valence-corrected chi connectivity index (χ2v) is 9.92. The lowest BCUT2D eigenvalue weighted by molar-refractivity contribution is -0.567. The highest BCUT2D eigenvalue weighted by Gasteiger charge is 2.19. The Morgan fingerprint density at radius 2 is 1.43 bits per heavy atom. The predicted octanol–water partition coefficient (Wildman–Crippen LogP) is 6.71. The molecule has 0 spiro atoms. The quantitative estimate of drug-likeness (QED) is 0.256. The molecule has 0 aliphatic carbocycles. The summed E-state index contributed by atoms with van der Waals surface area (Å²) in [5.41, 5.74) is 4.45. The highest BCUT2D eigenvalue weighted by molar-refractivity contribution is 7.94. The first-order valence-corrected chi connectivity index (χ1v) is 12.7. The summed E-state index contributed by atoms with van der Waals surface area (Å²) in [5.74, 6) is 0. The number of aromatic nitrogens is 1. The summed E-state index contributed by atoms with van der Waals surface area (Å²) in [6, 6.07) is 36.9. The normalized spacial score (nSPS) is 12.0. The van der Waals surface area contributed by atoms with Crippen molar-refractivity contribution in [3.63, 3.8) is 0 Å². The maximum Gasteiger partial charge on any atom is 0.218 e. The van der Waals surface area contributed by atoms with Gasteiger partial charge >= 0.3 is 0 Å². The van der Waals surface area contributed by atoms with Crippen molar-refractivity contribution in [1.82, 2.24) is 0 Å². The van der Waals surface area contributed by atoms with Gasteiger partial charge in [-0.3, -0.25) is 0 Å². The Kier molecular flexibility index (Phi) is 6.17. The molecule has 0 unspecified atom stereocenters. The number of hydrogen-bond acceptors (Lipinski definition) is 2. The van der Waals surface area contributed by atoms with E-state index in [2.05, 4.69) is 35.1 Å². The predicted molar refractivity (Wildman–Crippen MR) is 141 cm³/mol. The summed E-state index contributed by atoms with van der Waals surface area (Å²) in [4.78, 5) is 0.166. The van der Waals surface area contributed by atoms with Crippen molar-refractivity contribution in [2.45, 2.75) is 11.8 Å². The Labute approximate surface area is 205 Å². The average Bonchev–Trinajstić information content (AvgIpc) is 2.90. The summed E-state index contributed by atoms with van der Waals surface area (Å²) in [6.45, 7) is 1.92. The smallest absolute Gasteiger partial charge is 0.218 e. The van der Waals surface area contributed by atoms with Crippen LogP contribution in [0.15, 0.2) is 133 Å². The monoisotopic (exact) mass is 476 g/mol. The Morgan fingerprint density at radius 3 is 2.20 bits per heavy atom. The first-order valence-electron chi connectivity index (χ1n) is 11.3. The van der Waals surface area contributed by atoms with E-state index in [0.29, 0.717) is 5.70 Å². The van der Waals surface area contributed by atoms with Crippen molar-refractivity contribution < 1.29 is 13.0 Å². The molecule has 5 rings (SSSR count). The number of hydrogen-bond donors (Lipinski definition) is 0. The lowest BCUT2D eigenvalue weighted by atomic mass is 10.0. The fraction of sp³-hybridized carbons (Fsp3) is 0.0333. The number of aryl methyl sites for hydroxylation is 1. The summed E-state index contributed by atoms with van der Waals surface area (Å²) < 4.78 is 32.0. The largest absolute Gasteiger partial charge is 0.574 e. The summed E-state index contributed by atoms with van der Waals surface area (Å²) in [5, 5.41) is 2.30. The van der Waals surface area contributed by atoms with Crippen LogP contribution in [0.2, 0.25) is 0 Å². The van der Waals surface area contributed by atoms with Crippen LogP contribution < -0.4 is 4.57 Å². The first-order chi connectivity index (χ1) is 17.0. The third-order valence-corrected chi connectivity index (χ3v) is 7.12. The number of fused-ring (bicyclic) bond motifs is 1. The van der Waals surface area contributed by atoms with Gasteiger partial charge in [0.15, 0.2) is 11.9 Å². The third kappa shape index (κ3) is 4.86. The molecular weight excluding hydrogens is 452 g/mol. The number of sulfonamides is 1. The lowest BCUT2D eigenvalue weighted by Gasteiger charge is -2.18. The van der Waals surface area contributed by atoms with E-state index in [1.54, 1.807) is 24.3 Å². The van der Waals surface area contributed by atoms with E-state index in [-0.39, 0.29) is 4.90 Å². The molecule has 0 fully saturated rings. The van der Waals surface area contributed by atoms with Crippen molar-refractivity contribution in [2.75, 3.05) is 0 Å². The molecule has 0 bridgehead atoms. The molecule has 172 valence electrons. The molecule has 0 N–H and O–H groups in total. The van der Waals surface area contributed by atoms with E-state index < -0.39 is 10.0 Å². The molecule has 5 aromatic rings. The minimum absolute atomic E-state index is 0.166. The van der Waals surface area contributed by atoms with Crippen LogP contribution in [0.1, 0.15) is 11.1 Å². The van der Waals surface area contributed by atoms with E-state index in [9.17, 15) is 8.42 Å². The van der Waals surface area contributed by atoms with Gasteiger partial charge in [-0.2, -0.15) is 4.57 Å². The van der Waals surface area contributed by atoms with Crippen molar-refractivity contribution in [3.05, 3.63) is 144 Å². The van der Waals surface area contributed by atoms with Gasteiger partial charge in [-0.25, -0.2) is 8.42 Å². The van der Waals surface area contributed by atoms with Gasteiger partial charge in [0.05, 0.1) is 4.90 Å². The maximum atomic E-state index is 13.0. The highest BCUT2D eigenvalue weighted by atomic mass is 32.2. The molecule has 0 amide bonds. The molecule has 0 radical (unpaired) electrons. The molecule has 0 aliphatic heterocycles. The molecule has 0 aliphatic rings. The lowest BCUT2D eigenvalue weighted by Crippen LogP contribution is -2.35. The van der Waals surface area contributed by atoms with Gasteiger partial charge in [0, 0.05) is 23.3 Å². The fourth-order valence-corrected chi connectivity index (χ4v) is 4.85. The van der Waals surface area contributed by atoms with Gasteiger partial charge in [-0.1, -0.05) is 72.4 Å². The van der Waals surface area contributed by atoms with Crippen LogP contribution in [0.3, 0.4) is 0 Å². The van der Waals surface area contributed by atoms with Gasteiger partial charge in [0.1, 0.15) is 10.0 Å². The molecule has 0 saturated heterocycles. The van der Waals surface area contributed by atoms with Crippen LogP contribution in [0.25, 0.3) is 32.4 Å². The molecule has 4 aromatic carbocycles. The van der Waals surface area contributed by atoms with E-state index in [1.165, 1.54) is 6.20 Å². The first kappa shape index (κ1) is 22.6. The van der Waals surface area contributed by atoms with Gasteiger partial charge in [0.25, 0.3) is 0 Å². The zero-order valence-electron chi connectivity index (χ0n) is 19.2. The van der Waals surface area contributed by atoms with Crippen LogP contribution in [-0.2, 0) is 10.0 Å². The Morgan fingerprint density at radius 1 is 0.743 bits per heavy atom. The van der Waals surface area contributed by atoms with Crippen molar-refractivity contribution in [3.8, 4) is 11.3 Å². The number of benzene rings is 4. The number of nitrogens with zero attached hydrogens (tertiary/aromatic N) is 2. The Hall–Kier alpha value is -4.22. The van der Waals surface area contributed by atoms with Crippen molar-refractivity contribution in [2.24, 2.45) is 0 Å². The standard InChI is InChI=1S/C30H24N2O2S/c1-23-14-18-28(19-15-23)35(33,34)31-22-30(25-10-3-2-4-11-25)32-20-8-7-13-29(32)27-17-16-24-9-5-6-12-26(24)21-27/h2-22H,1H3/b30-22-. The number of pyridine rings is 1. The minimum Gasteiger partial charge on any atom is -0.574 e. The van der Waals surface area contributed by atoms with Gasteiger partial charge < -0.3 is 4.72 Å². The van der Waals surface area contributed by atoms with E-state index in [1.807, 2.05) is 78.4 Å². The van der Waals surface area contributed by atoms with Crippen molar-refractivity contribution >= 4 is 26.5 Å². The maximum absolute atomic E-state index is 13.0. The number of rotatable bonds is 6. The zero-order valence-corrected chi connectivity index (χ0v) is 20.1. The minimum atomic E-state index is -3.86. The molecule has 0 saturated carbocycles. The molecule has 0 atom stereocenters. The molecule has 1 heterocycles. The second kappa shape index (κ2) is 9.57. The second-order valence-electron chi connectivity index (χ2n) is 8.29. The van der Waals surface area contributed by atoms with Crippen LogP contribution in [0.5, 0.6) is 0 Å². The van der Waals surface area contributed by atoms with Crippen LogP contribution >= 0.6 is 0 Å². The average molecular weight is 477 g/mol. The van der Waals surface area contributed by atoms with Crippen LogP contribution in [0, 0.1) is 6.92 Å². The Bertz CT molecular complexity index is 1620. The van der Waals surface area contributed by atoms with E-state index in [4.69, 9.17) is 0 Å². The van der Waals surface area contributed by atoms with Crippen LogP contribution in [-0.4, -0.2) is 8.42 Å². The zero-order chi connectivity index (χ0) is 24.3. The highest BCUT2D eigenvalue weighted by Crippen LogP contribution is 2.26. The van der Waals surface area contributed by atoms with Crippen LogP contribution in [0.4, 0.5) is 0 Å². The van der Waals surface area contributed by atoms with E-state index >= 15 is 0 Å². The summed E-state index contributed by atoms with van der Waals surface area (Å²) >= 11 is 0. The molecule has 4 nitrogen and oxygen atoms in total. The Balaban J connectivity index is 1.62. The SMILES string of the molecule is Cc1ccc(S(=O)(=O)[N-]/C=C(/c2ccccc2)[n+]2ccccc2-c2ccc3ccccc3c2)cc1. The van der Waals surface area contributed by atoms with Gasteiger partial charge in [0.2, 0.25) is 5.69 Å². The van der Waals surface area contributed by atoms with E-state index in [0.717, 1.165) is 33.2 Å². The molecule has 1 aromatic heterocycles. The van der Waals surface area contributed by atoms with Gasteiger partial charge in [-0.15, -0.1) is 0 Å². The molecule has 35 heavy (non-hydrogen) atoms. The molecule has 5 heteroatoms. The summed E-state index contributed by atoms with van der Waals surface area (Å²) in [7, 11) is -3.86. The van der Waals surface area contributed by atoms with Crippen molar-refractivity contribution in [1.29, 1.82) is 0 Å². The summed E-state index contributed by atoms with van der Waals surface area (Å²) in [6.07, 6.45) is 3.37. The third-order valence-electron chi connectivity index (χ3n) is 5.87. The van der Waals surface area contributed by atoms with Gasteiger partial charge in [-0.05, 0) is 60.2 Å². The topological polar surface area (TPSA) is 52.1 Å².